The number of tetrazole rings is 1. The first-order chi connectivity index (χ1) is 14.4. The molecule has 1 amide bonds. The van der Waals surface area contributed by atoms with E-state index < -0.39 is 9.84 Å². The van der Waals surface area contributed by atoms with Crippen LogP contribution in [-0.2, 0) is 19.4 Å². The summed E-state index contributed by atoms with van der Waals surface area (Å²) < 4.78 is 31.4. The number of amides is 1. The van der Waals surface area contributed by atoms with E-state index in [4.69, 9.17) is 4.74 Å². The zero-order chi connectivity index (χ0) is 21.1. The first kappa shape index (κ1) is 20.7. The minimum Gasteiger partial charge on any atom is -0.376 e. The smallest absolute Gasteiger partial charge is 0.273 e. The highest BCUT2D eigenvalue weighted by atomic mass is 32.2. The summed E-state index contributed by atoms with van der Waals surface area (Å²) in [5, 5.41) is 11.6. The third-order valence-corrected chi connectivity index (χ3v) is 7.26. The van der Waals surface area contributed by atoms with Gasteiger partial charge in [-0.1, -0.05) is 30.3 Å². The molecule has 2 saturated heterocycles. The van der Waals surface area contributed by atoms with Gasteiger partial charge in [-0.2, -0.15) is 4.68 Å². The van der Waals surface area contributed by atoms with Gasteiger partial charge in [0.25, 0.3) is 5.91 Å². The lowest BCUT2D eigenvalue weighted by Gasteiger charge is -2.31. The minimum atomic E-state index is -3.16. The molecule has 1 aromatic carbocycles. The van der Waals surface area contributed by atoms with Crippen molar-refractivity contribution in [2.45, 2.75) is 38.3 Å². The summed E-state index contributed by atoms with van der Waals surface area (Å²) in [5.74, 6) is 0.237. The van der Waals surface area contributed by atoms with Gasteiger partial charge in [-0.25, -0.2) is 8.42 Å². The predicted molar refractivity (Wildman–Crippen MR) is 111 cm³/mol. The zero-order valence-corrected chi connectivity index (χ0v) is 17.7. The van der Waals surface area contributed by atoms with Gasteiger partial charge < -0.3 is 9.64 Å². The van der Waals surface area contributed by atoms with Crippen LogP contribution in [-0.4, -0.2) is 76.2 Å². The average molecular weight is 432 g/mol. The van der Waals surface area contributed by atoms with Crippen molar-refractivity contribution in [1.29, 1.82) is 0 Å². The molecule has 9 nitrogen and oxygen atoms in total. The van der Waals surface area contributed by atoms with Crippen LogP contribution in [0.2, 0.25) is 0 Å². The number of benzene rings is 1. The van der Waals surface area contributed by atoms with Crippen molar-refractivity contribution in [2.75, 3.05) is 24.7 Å². The molecule has 2 aliphatic heterocycles. The van der Waals surface area contributed by atoms with Gasteiger partial charge in [-0.15, -0.1) is 5.10 Å². The molecule has 2 aliphatic rings. The van der Waals surface area contributed by atoms with E-state index in [0.717, 1.165) is 18.4 Å². The average Bonchev–Trinajstić information content (AvgIpc) is 3.46. The summed E-state index contributed by atoms with van der Waals surface area (Å²) in [7, 11) is -3.16. The molecule has 2 atom stereocenters. The largest absolute Gasteiger partial charge is 0.376 e. The molecule has 10 heteroatoms. The van der Waals surface area contributed by atoms with E-state index in [1.807, 2.05) is 30.3 Å². The Balaban J connectivity index is 1.71. The predicted octanol–water partition coefficient (Wildman–Crippen LogP) is 1.17. The van der Waals surface area contributed by atoms with Crippen LogP contribution in [0.5, 0.6) is 0 Å². The van der Waals surface area contributed by atoms with E-state index >= 15 is 0 Å². The summed E-state index contributed by atoms with van der Waals surface area (Å²) >= 11 is 0. The normalized spacial score (nSPS) is 23.6. The number of rotatable bonds is 6. The molecule has 2 aromatic rings. The number of carbonyl (C=O) groups excluding carboxylic acids is 1. The van der Waals surface area contributed by atoms with E-state index in [2.05, 4.69) is 15.5 Å². The molecule has 0 bridgehead atoms. The van der Waals surface area contributed by atoms with Crippen molar-refractivity contribution in [3.8, 4) is 0 Å². The highest BCUT2D eigenvalue weighted by Gasteiger charge is 2.38. The Morgan fingerprint density at radius 1 is 1.30 bits per heavy atom. The van der Waals surface area contributed by atoms with Gasteiger partial charge in [-0.3, -0.25) is 4.79 Å². The first-order valence-corrected chi connectivity index (χ1v) is 11.9. The Labute approximate surface area is 175 Å². The molecule has 3 heterocycles. The lowest BCUT2D eigenvalue weighted by atomic mass is 10.1. The van der Waals surface area contributed by atoms with Crippen LogP contribution in [0.4, 0.5) is 0 Å². The summed E-state index contributed by atoms with van der Waals surface area (Å²) in [6.07, 6.45) is 3.86. The Morgan fingerprint density at radius 2 is 2.10 bits per heavy atom. The van der Waals surface area contributed by atoms with Crippen LogP contribution in [0.25, 0.3) is 11.8 Å². The molecule has 0 N–H and O–H groups in total. The van der Waals surface area contributed by atoms with Crippen LogP contribution in [0.3, 0.4) is 0 Å². The Kier molecular flexibility index (Phi) is 5.96. The number of aryl methyl sites for hydroxylation is 1. The molecule has 0 radical (unpaired) electrons. The lowest BCUT2D eigenvalue weighted by molar-refractivity contribution is -0.129. The fourth-order valence-electron chi connectivity index (χ4n) is 3.95. The third-order valence-electron chi connectivity index (χ3n) is 5.51. The molecule has 0 saturated carbocycles. The van der Waals surface area contributed by atoms with Crippen molar-refractivity contribution in [3.63, 3.8) is 0 Å². The number of aromatic nitrogens is 4. The fourth-order valence-corrected chi connectivity index (χ4v) is 5.68. The maximum absolute atomic E-state index is 13.8. The number of nitrogens with zero attached hydrogens (tertiary/aromatic N) is 5. The number of hydrogen-bond donors (Lipinski definition) is 0. The van der Waals surface area contributed by atoms with Crippen LogP contribution in [0.1, 0.15) is 30.7 Å². The van der Waals surface area contributed by atoms with Crippen LogP contribution in [0, 0.1) is 6.92 Å². The second-order valence-electron chi connectivity index (χ2n) is 7.73. The summed E-state index contributed by atoms with van der Waals surface area (Å²) in [5.41, 5.74) is 1.11. The Morgan fingerprint density at radius 3 is 2.70 bits per heavy atom. The molecule has 160 valence electrons. The molecular formula is C20H25N5O4S. The van der Waals surface area contributed by atoms with Gasteiger partial charge in [0, 0.05) is 19.2 Å². The fraction of sp³-hybridized carbons (Fsp3) is 0.500. The van der Waals surface area contributed by atoms with E-state index in [1.165, 1.54) is 4.68 Å². The number of carbonyl (C=O) groups is 1. The molecular weight excluding hydrogens is 406 g/mol. The molecule has 2 fully saturated rings. The maximum atomic E-state index is 13.8. The molecule has 0 spiro atoms. The van der Waals surface area contributed by atoms with Crippen molar-refractivity contribution in [1.82, 2.24) is 25.1 Å². The number of sulfone groups is 1. The van der Waals surface area contributed by atoms with Crippen LogP contribution in [0.15, 0.2) is 30.3 Å². The van der Waals surface area contributed by atoms with Crippen molar-refractivity contribution in [3.05, 3.63) is 41.7 Å². The van der Waals surface area contributed by atoms with Gasteiger partial charge in [0.2, 0.25) is 0 Å². The van der Waals surface area contributed by atoms with Gasteiger partial charge in [0.1, 0.15) is 5.70 Å². The van der Waals surface area contributed by atoms with Crippen LogP contribution < -0.4 is 0 Å². The van der Waals surface area contributed by atoms with Crippen LogP contribution >= 0.6 is 0 Å². The molecule has 2 unspecified atom stereocenters. The Hall–Kier alpha value is -2.59. The standard InChI is InChI=1S/C20H25N5O4S/c1-15-21-22-23-25(15)19(12-16-6-3-2-4-7-16)20(26)24(13-18-8-5-10-29-18)17-9-11-30(27,28)14-17/h2-4,6-7,12,17-18H,5,8-11,13-14H2,1H3/b19-12-. The van der Waals surface area contributed by atoms with Crippen molar-refractivity contribution < 1.29 is 17.9 Å². The minimum absolute atomic E-state index is 0.0291. The van der Waals surface area contributed by atoms with E-state index in [9.17, 15) is 13.2 Å². The SMILES string of the molecule is Cc1nnnn1/C(=C\c1ccccc1)C(=O)N(CC1CCCO1)C1CCS(=O)(=O)C1. The topological polar surface area (TPSA) is 107 Å². The second kappa shape index (κ2) is 8.65. The van der Waals surface area contributed by atoms with Gasteiger partial charge in [-0.05, 0) is 48.3 Å². The highest BCUT2D eigenvalue weighted by molar-refractivity contribution is 7.91. The molecule has 1 aromatic heterocycles. The first-order valence-electron chi connectivity index (χ1n) is 10.1. The quantitative estimate of drug-likeness (QED) is 0.632. The summed E-state index contributed by atoms with van der Waals surface area (Å²) in [4.78, 5) is 15.4. The molecule has 30 heavy (non-hydrogen) atoms. The van der Waals surface area contributed by atoms with Gasteiger partial charge in [0.05, 0.1) is 17.6 Å². The third kappa shape index (κ3) is 4.59. The maximum Gasteiger partial charge on any atom is 0.273 e. The molecule has 0 aliphatic carbocycles. The number of ether oxygens (including phenoxy) is 1. The number of hydrogen-bond acceptors (Lipinski definition) is 7. The van der Waals surface area contributed by atoms with Gasteiger partial charge in [0.15, 0.2) is 15.7 Å². The Bertz CT molecular complexity index is 1030. The lowest BCUT2D eigenvalue weighted by Crippen LogP contribution is -2.46. The van der Waals surface area contributed by atoms with E-state index in [1.54, 1.807) is 17.9 Å². The van der Waals surface area contributed by atoms with Crippen molar-refractivity contribution in [2.24, 2.45) is 0 Å². The summed E-state index contributed by atoms with van der Waals surface area (Å²) in [6.45, 7) is 2.73. The molecule has 4 rings (SSSR count). The monoisotopic (exact) mass is 431 g/mol. The van der Waals surface area contributed by atoms with Gasteiger partial charge >= 0.3 is 0 Å². The van der Waals surface area contributed by atoms with E-state index in [-0.39, 0.29) is 35.3 Å². The van der Waals surface area contributed by atoms with Crippen molar-refractivity contribution >= 4 is 27.5 Å². The zero-order valence-electron chi connectivity index (χ0n) is 16.8. The second-order valence-corrected chi connectivity index (χ2v) is 9.96. The van der Waals surface area contributed by atoms with E-state index in [0.29, 0.717) is 25.4 Å². The highest BCUT2D eigenvalue weighted by Crippen LogP contribution is 2.25. The summed E-state index contributed by atoms with van der Waals surface area (Å²) in [6, 6.07) is 9.05.